The van der Waals surface area contributed by atoms with Crippen LogP contribution in [0.5, 0.6) is 0 Å². The van der Waals surface area contributed by atoms with Gasteiger partial charge in [0.15, 0.2) is 0 Å². The molecule has 0 radical (unpaired) electrons. The van der Waals surface area contributed by atoms with Gasteiger partial charge in [-0.1, -0.05) is 55.5 Å². The number of aryl methyl sites for hydroxylation is 1. The lowest BCUT2D eigenvalue weighted by Gasteiger charge is -2.11. The first-order valence-electron chi connectivity index (χ1n) is 7.32. The van der Waals surface area contributed by atoms with E-state index in [0.717, 1.165) is 13.0 Å². The molecule has 2 aromatic carbocycles. The third-order valence-electron chi connectivity index (χ3n) is 3.53. The highest BCUT2D eigenvalue weighted by molar-refractivity contribution is 7.12. The molecule has 0 unspecified atom stereocenters. The SMILES string of the molecule is CCc1ccc(CNc2ccccc2-c2ccccc2)s1. The van der Waals surface area contributed by atoms with Crippen LogP contribution in [0.3, 0.4) is 0 Å². The number of rotatable bonds is 5. The summed E-state index contributed by atoms with van der Waals surface area (Å²) in [4.78, 5) is 2.83. The normalized spacial score (nSPS) is 10.5. The van der Waals surface area contributed by atoms with Gasteiger partial charge in [-0.15, -0.1) is 11.3 Å². The van der Waals surface area contributed by atoms with Crippen LogP contribution in [0.2, 0.25) is 0 Å². The zero-order valence-electron chi connectivity index (χ0n) is 12.2. The van der Waals surface area contributed by atoms with Crippen molar-refractivity contribution < 1.29 is 0 Å². The van der Waals surface area contributed by atoms with Crippen LogP contribution >= 0.6 is 11.3 Å². The molecule has 0 atom stereocenters. The van der Waals surface area contributed by atoms with E-state index in [-0.39, 0.29) is 0 Å². The van der Waals surface area contributed by atoms with E-state index in [1.807, 2.05) is 11.3 Å². The summed E-state index contributed by atoms with van der Waals surface area (Å²) in [5.74, 6) is 0. The van der Waals surface area contributed by atoms with Gasteiger partial charge in [0.05, 0.1) is 0 Å². The molecule has 106 valence electrons. The summed E-state index contributed by atoms with van der Waals surface area (Å²) in [6.07, 6.45) is 1.12. The number of anilines is 1. The van der Waals surface area contributed by atoms with Crippen LogP contribution in [-0.4, -0.2) is 0 Å². The first-order valence-corrected chi connectivity index (χ1v) is 8.14. The van der Waals surface area contributed by atoms with Crippen molar-refractivity contribution in [1.29, 1.82) is 0 Å². The summed E-state index contributed by atoms with van der Waals surface area (Å²) >= 11 is 1.89. The number of thiophene rings is 1. The quantitative estimate of drug-likeness (QED) is 0.646. The van der Waals surface area contributed by atoms with Gasteiger partial charge >= 0.3 is 0 Å². The van der Waals surface area contributed by atoms with Crippen molar-refractivity contribution >= 4 is 17.0 Å². The first kappa shape index (κ1) is 13.9. The summed E-state index contributed by atoms with van der Waals surface area (Å²) in [7, 11) is 0. The molecule has 0 saturated carbocycles. The monoisotopic (exact) mass is 293 g/mol. The lowest BCUT2D eigenvalue weighted by Crippen LogP contribution is -1.99. The predicted molar refractivity (Wildman–Crippen MR) is 92.9 cm³/mol. The van der Waals surface area contributed by atoms with Gasteiger partial charge < -0.3 is 5.32 Å². The summed E-state index contributed by atoms with van der Waals surface area (Å²) in [5.41, 5.74) is 3.70. The van der Waals surface area contributed by atoms with Crippen LogP contribution < -0.4 is 5.32 Å². The average Bonchev–Trinajstić information content (AvgIpc) is 3.02. The molecule has 0 fully saturated rings. The number of para-hydroxylation sites is 1. The molecule has 0 amide bonds. The third kappa shape index (κ3) is 3.34. The summed E-state index contributed by atoms with van der Waals surface area (Å²) in [6, 6.07) is 23.5. The Morgan fingerprint density at radius 1 is 0.810 bits per heavy atom. The first-order chi connectivity index (χ1) is 10.4. The summed E-state index contributed by atoms with van der Waals surface area (Å²) in [5, 5.41) is 3.58. The van der Waals surface area contributed by atoms with E-state index in [2.05, 4.69) is 79.0 Å². The second-order valence-corrected chi connectivity index (χ2v) is 6.24. The number of nitrogens with one attached hydrogen (secondary N) is 1. The highest BCUT2D eigenvalue weighted by Crippen LogP contribution is 2.28. The molecule has 3 aromatic rings. The van der Waals surface area contributed by atoms with Crippen molar-refractivity contribution in [3.8, 4) is 11.1 Å². The Kier molecular flexibility index (Phi) is 4.37. The molecule has 1 heterocycles. The minimum Gasteiger partial charge on any atom is -0.380 e. The molecule has 0 bridgehead atoms. The second kappa shape index (κ2) is 6.59. The summed E-state index contributed by atoms with van der Waals surface area (Å²) in [6.45, 7) is 3.09. The van der Waals surface area contributed by atoms with E-state index in [1.165, 1.54) is 26.6 Å². The molecule has 21 heavy (non-hydrogen) atoms. The van der Waals surface area contributed by atoms with Crippen LogP contribution in [0.4, 0.5) is 5.69 Å². The Hall–Kier alpha value is -2.06. The third-order valence-corrected chi connectivity index (χ3v) is 4.76. The Labute approximate surface area is 130 Å². The van der Waals surface area contributed by atoms with Gasteiger partial charge in [0.2, 0.25) is 0 Å². The number of hydrogen-bond donors (Lipinski definition) is 1. The smallest absolute Gasteiger partial charge is 0.0494 e. The van der Waals surface area contributed by atoms with Crippen molar-refractivity contribution in [3.05, 3.63) is 76.5 Å². The van der Waals surface area contributed by atoms with E-state index < -0.39 is 0 Å². The average molecular weight is 293 g/mol. The van der Waals surface area contributed by atoms with Gasteiger partial charge in [-0.05, 0) is 30.2 Å². The Balaban J connectivity index is 1.79. The van der Waals surface area contributed by atoms with E-state index in [4.69, 9.17) is 0 Å². The fraction of sp³-hybridized carbons (Fsp3) is 0.158. The molecular weight excluding hydrogens is 274 g/mol. The molecule has 0 saturated heterocycles. The molecule has 2 heteroatoms. The Bertz CT molecular complexity index is 700. The van der Waals surface area contributed by atoms with Crippen LogP contribution in [0.15, 0.2) is 66.7 Å². The molecule has 0 spiro atoms. The minimum atomic E-state index is 0.883. The standard InChI is InChI=1S/C19H19NS/c1-2-16-12-13-17(21-16)14-20-19-11-7-6-10-18(19)15-8-4-3-5-9-15/h3-13,20H,2,14H2,1H3. The van der Waals surface area contributed by atoms with Gasteiger partial charge in [-0.25, -0.2) is 0 Å². The van der Waals surface area contributed by atoms with Crippen LogP contribution in [0.25, 0.3) is 11.1 Å². The molecule has 3 rings (SSSR count). The predicted octanol–water partition coefficient (Wildman–Crippen LogP) is 5.59. The van der Waals surface area contributed by atoms with Crippen LogP contribution in [0, 0.1) is 0 Å². The highest BCUT2D eigenvalue weighted by Gasteiger charge is 2.04. The van der Waals surface area contributed by atoms with Gasteiger partial charge in [0, 0.05) is 27.5 Å². The fourth-order valence-electron chi connectivity index (χ4n) is 2.40. The molecule has 1 nitrogen and oxygen atoms in total. The van der Waals surface area contributed by atoms with E-state index in [1.54, 1.807) is 0 Å². The van der Waals surface area contributed by atoms with Crippen LogP contribution in [-0.2, 0) is 13.0 Å². The maximum atomic E-state index is 3.58. The topological polar surface area (TPSA) is 12.0 Å². The van der Waals surface area contributed by atoms with Crippen molar-refractivity contribution in [2.45, 2.75) is 19.9 Å². The summed E-state index contributed by atoms with van der Waals surface area (Å²) < 4.78 is 0. The lowest BCUT2D eigenvalue weighted by atomic mass is 10.0. The van der Waals surface area contributed by atoms with Gasteiger partial charge in [-0.2, -0.15) is 0 Å². The molecule has 1 aromatic heterocycles. The van der Waals surface area contributed by atoms with Crippen molar-refractivity contribution in [3.63, 3.8) is 0 Å². The zero-order chi connectivity index (χ0) is 14.5. The maximum Gasteiger partial charge on any atom is 0.0494 e. The largest absolute Gasteiger partial charge is 0.380 e. The maximum absolute atomic E-state index is 3.58. The van der Waals surface area contributed by atoms with Gasteiger partial charge in [0.1, 0.15) is 0 Å². The van der Waals surface area contributed by atoms with Crippen molar-refractivity contribution in [2.75, 3.05) is 5.32 Å². The number of benzene rings is 2. The van der Waals surface area contributed by atoms with Gasteiger partial charge in [-0.3, -0.25) is 0 Å². The van der Waals surface area contributed by atoms with E-state index >= 15 is 0 Å². The second-order valence-electron chi connectivity index (χ2n) is 4.99. The molecule has 1 N–H and O–H groups in total. The fourth-order valence-corrected chi connectivity index (χ4v) is 3.29. The highest BCUT2D eigenvalue weighted by atomic mass is 32.1. The van der Waals surface area contributed by atoms with Gasteiger partial charge in [0.25, 0.3) is 0 Å². The number of hydrogen-bond acceptors (Lipinski definition) is 2. The van der Waals surface area contributed by atoms with Crippen molar-refractivity contribution in [2.24, 2.45) is 0 Å². The molecule has 0 aliphatic carbocycles. The molecular formula is C19H19NS. The molecule has 0 aliphatic heterocycles. The Morgan fingerprint density at radius 3 is 2.29 bits per heavy atom. The lowest BCUT2D eigenvalue weighted by molar-refractivity contribution is 1.19. The van der Waals surface area contributed by atoms with E-state index in [0.29, 0.717) is 0 Å². The zero-order valence-corrected chi connectivity index (χ0v) is 13.0. The van der Waals surface area contributed by atoms with Crippen LogP contribution in [0.1, 0.15) is 16.7 Å². The Morgan fingerprint density at radius 2 is 1.52 bits per heavy atom. The molecule has 0 aliphatic rings. The minimum absolute atomic E-state index is 0.883. The van der Waals surface area contributed by atoms with Crippen molar-refractivity contribution in [1.82, 2.24) is 0 Å². The van der Waals surface area contributed by atoms with E-state index in [9.17, 15) is 0 Å².